The average Bonchev–Trinajstić information content (AvgIpc) is 3.52. The Bertz CT molecular complexity index is 833. The van der Waals surface area contributed by atoms with Crippen LogP contribution >= 0.6 is 0 Å². The Labute approximate surface area is 160 Å². The number of fused-ring (bicyclic) bond motifs is 1. The summed E-state index contributed by atoms with van der Waals surface area (Å²) in [5.41, 5.74) is 1.14. The van der Waals surface area contributed by atoms with Crippen molar-refractivity contribution < 1.29 is 9.59 Å². The molecular formula is C22H27N3O2. The summed E-state index contributed by atoms with van der Waals surface area (Å²) in [5, 5.41) is 5.50. The first-order valence-electron chi connectivity index (χ1n) is 9.90. The van der Waals surface area contributed by atoms with Gasteiger partial charge in [0.1, 0.15) is 0 Å². The van der Waals surface area contributed by atoms with Crippen molar-refractivity contribution in [3.8, 4) is 0 Å². The van der Waals surface area contributed by atoms with Gasteiger partial charge in [-0.1, -0.05) is 42.5 Å². The second-order valence-corrected chi connectivity index (χ2v) is 7.73. The van der Waals surface area contributed by atoms with Crippen LogP contribution in [0.15, 0.2) is 42.5 Å². The first-order chi connectivity index (χ1) is 13.1. The lowest BCUT2D eigenvalue weighted by molar-refractivity contribution is -0.134. The molecule has 5 heteroatoms. The summed E-state index contributed by atoms with van der Waals surface area (Å²) < 4.78 is 0. The van der Waals surface area contributed by atoms with E-state index in [1.54, 1.807) is 0 Å². The predicted octanol–water partition coefficient (Wildman–Crippen LogP) is 2.57. The molecule has 2 aliphatic rings. The highest BCUT2D eigenvalue weighted by Crippen LogP contribution is 2.31. The number of amides is 2. The van der Waals surface area contributed by atoms with Crippen molar-refractivity contribution in [1.82, 2.24) is 15.1 Å². The summed E-state index contributed by atoms with van der Waals surface area (Å²) in [4.78, 5) is 28.8. The van der Waals surface area contributed by atoms with Gasteiger partial charge in [0.05, 0.1) is 12.6 Å². The van der Waals surface area contributed by atoms with Crippen LogP contribution < -0.4 is 5.32 Å². The lowest BCUT2D eigenvalue weighted by Gasteiger charge is -2.34. The van der Waals surface area contributed by atoms with Crippen LogP contribution in [-0.4, -0.2) is 54.3 Å². The quantitative estimate of drug-likeness (QED) is 0.886. The molecule has 1 N–H and O–H groups in total. The summed E-state index contributed by atoms with van der Waals surface area (Å²) in [7, 11) is 0. The monoisotopic (exact) mass is 365 g/mol. The maximum atomic E-state index is 12.5. The van der Waals surface area contributed by atoms with Crippen LogP contribution in [0.3, 0.4) is 0 Å². The molecular weight excluding hydrogens is 338 g/mol. The van der Waals surface area contributed by atoms with E-state index >= 15 is 0 Å². The third kappa shape index (κ3) is 4.14. The Morgan fingerprint density at radius 2 is 1.74 bits per heavy atom. The van der Waals surface area contributed by atoms with Gasteiger partial charge in [0, 0.05) is 32.1 Å². The number of rotatable bonds is 5. The molecule has 1 saturated heterocycles. The molecule has 1 unspecified atom stereocenters. The minimum absolute atomic E-state index is 0.0393. The molecule has 142 valence electrons. The number of nitrogens with zero attached hydrogens (tertiary/aromatic N) is 2. The highest BCUT2D eigenvalue weighted by atomic mass is 16.2. The molecule has 2 aromatic rings. The minimum Gasteiger partial charge on any atom is -0.348 e. The van der Waals surface area contributed by atoms with E-state index in [0.717, 1.165) is 44.6 Å². The van der Waals surface area contributed by atoms with Crippen LogP contribution in [0, 0.1) is 5.92 Å². The molecule has 2 fully saturated rings. The normalized spacial score (nSPS) is 19.1. The molecule has 0 bridgehead atoms. The molecule has 0 spiro atoms. The van der Waals surface area contributed by atoms with Crippen molar-refractivity contribution in [2.75, 3.05) is 32.7 Å². The summed E-state index contributed by atoms with van der Waals surface area (Å²) in [6.45, 7) is 5.44. The summed E-state index contributed by atoms with van der Waals surface area (Å²) >= 11 is 0. The number of hydrogen-bond donors (Lipinski definition) is 1. The predicted molar refractivity (Wildman–Crippen MR) is 106 cm³/mol. The van der Waals surface area contributed by atoms with Crippen LogP contribution in [0.1, 0.15) is 31.4 Å². The van der Waals surface area contributed by atoms with E-state index in [4.69, 9.17) is 0 Å². The van der Waals surface area contributed by atoms with E-state index in [1.165, 1.54) is 10.8 Å². The Morgan fingerprint density at radius 3 is 2.48 bits per heavy atom. The molecule has 5 nitrogen and oxygen atoms in total. The van der Waals surface area contributed by atoms with Crippen molar-refractivity contribution in [3.05, 3.63) is 48.0 Å². The Balaban J connectivity index is 1.31. The number of carbonyl (C=O) groups excluding carboxylic acids is 2. The van der Waals surface area contributed by atoms with Gasteiger partial charge in [-0.3, -0.25) is 14.5 Å². The average molecular weight is 365 g/mol. The summed E-state index contributed by atoms with van der Waals surface area (Å²) in [6.07, 6.45) is 2.10. The molecule has 1 aliphatic heterocycles. The first kappa shape index (κ1) is 18.0. The molecule has 2 amide bonds. The SMILES string of the molecule is CC(NC(=O)CN1CCN(C(=O)C2CC2)CC1)c1cccc2ccccc12. The fraction of sp³-hybridized carbons (Fsp3) is 0.455. The van der Waals surface area contributed by atoms with E-state index in [0.29, 0.717) is 12.5 Å². The molecule has 27 heavy (non-hydrogen) atoms. The zero-order valence-electron chi connectivity index (χ0n) is 15.9. The minimum atomic E-state index is -0.0404. The topological polar surface area (TPSA) is 52.7 Å². The van der Waals surface area contributed by atoms with E-state index in [-0.39, 0.29) is 17.9 Å². The van der Waals surface area contributed by atoms with Crippen molar-refractivity contribution in [3.63, 3.8) is 0 Å². The van der Waals surface area contributed by atoms with Gasteiger partial charge in [-0.25, -0.2) is 0 Å². The van der Waals surface area contributed by atoms with E-state index in [9.17, 15) is 9.59 Å². The number of carbonyl (C=O) groups is 2. The van der Waals surface area contributed by atoms with Gasteiger partial charge in [0.25, 0.3) is 0 Å². The van der Waals surface area contributed by atoms with Gasteiger partial charge in [-0.2, -0.15) is 0 Å². The third-order valence-electron chi connectivity index (χ3n) is 5.65. The van der Waals surface area contributed by atoms with Gasteiger partial charge >= 0.3 is 0 Å². The standard InChI is InChI=1S/C22H27N3O2/c1-16(19-8-4-6-17-5-2-3-7-20(17)19)23-21(26)15-24-11-13-25(14-12-24)22(27)18-9-10-18/h2-8,16,18H,9-15H2,1H3,(H,23,26). The van der Waals surface area contributed by atoms with Crippen LogP contribution in [0.2, 0.25) is 0 Å². The zero-order chi connectivity index (χ0) is 18.8. The summed E-state index contributed by atoms with van der Waals surface area (Å²) in [5.74, 6) is 0.627. The first-order valence-corrected chi connectivity index (χ1v) is 9.90. The second-order valence-electron chi connectivity index (χ2n) is 7.73. The number of nitrogens with one attached hydrogen (secondary N) is 1. The third-order valence-corrected chi connectivity index (χ3v) is 5.65. The fourth-order valence-corrected chi connectivity index (χ4v) is 3.91. The molecule has 0 radical (unpaired) electrons. The highest BCUT2D eigenvalue weighted by molar-refractivity contribution is 5.87. The number of hydrogen-bond acceptors (Lipinski definition) is 3. The van der Waals surface area contributed by atoms with E-state index < -0.39 is 0 Å². The van der Waals surface area contributed by atoms with Crippen molar-refractivity contribution >= 4 is 22.6 Å². The molecule has 1 aliphatic carbocycles. The zero-order valence-corrected chi connectivity index (χ0v) is 15.9. The Kier molecular flexibility index (Phi) is 5.12. The number of piperazine rings is 1. The maximum absolute atomic E-state index is 12.5. The van der Waals surface area contributed by atoms with Gasteiger partial charge in [-0.05, 0) is 36.1 Å². The van der Waals surface area contributed by atoms with E-state index in [2.05, 4.69) is 34.5 Å². The summed E-state index contributed by atoms with van der Waals surface area (Å²) in [6, 6.07) is 14.4. The van der Waals surface area contributed by atoms with E-state index in [1.807, 2.05) is 30.0 Å². The Morgan fingerprint density at radius 1 is 1.04 bits per heavy atom. The van der Waals surface area contributed by atoms with Crippen molar-refractivity contribution in [2.24, 2.45) is 5.92 Å². The lowest BCUT2D eigenvalue weighted by atomic mass is 10.00. The van der Waals surface area contributed by atoms with Gasteiger partial charge in [0.15, 0.2) is 0 Å². The smallest absolute Gasteiger partial charge is 0.234 e. The Hall–Kier alpha value is -2.40. The van der Waals surface area contributed by atoms with Gasteiger partial charge in [0.2, 0.25) is 11.8 Å². The lowest BCUT2D eigenvalue weighted by Crippen LogP contribution is -2.51. The molecule has 1 heterocycles. The van der Waals surface area contributed by atoms with Crippen LogP contribution in [0.5, 0.6) is 0 Å². The molecule has 2 aromatic carbocycles. The van der Waals surface area contributed by atoms with Crippen LogP contribution in [0.4, 0.5) is 0 Å². The highest BCUT2D eigenvalue weighted by Gasteiger charge is 2.34. The van der Waals surface area contributed by atoms with Crippen LogP contribution in [-0.2, 0) is 9.59 Å². The molecule has 1 saturated carbocycles. The van der Waals surface area contributed by atoms with Crippen molar-refractivity contribution in [1.29, 1.82) is 0 Å². The largest absolute Gasteiger partial charge is 0.348 e. The van der Waals surface area contributed by atoms with Gasteiger partial charge in [-0.15, -0.1) is 0 Å². The second kappa shape index (κ2) is 7.69. The van der Waals surface area contributed by atoms with Crippen LogP contribution in [0.25, 0.3) is 10.8 Å². The fourth-order valence-electron chi connectivity index (χ4n) is 3.91. The molecule has 1 atom stereocenters. The van der Waals surface area contributed by atoms with Crippen molar-refractivity contribution in [2.45, 2.75) is 25.8 Å². The molecule has 0 aromatic heterocycles. The maximum Gasteiger partial charge on any atom is 0.234 e. The number of benzene rings is 2. The van der Waals surface area contributed by atoms with Gasteiger partial charge < -0.3 is 10.2 Å². The molecule has 4 rings (SSSR count).